The molecule has 1 aromatic carbocycles. The number of nitrogens with one attached hydrogen (secondary N) is 1. The molecule has 1 saturated carbocycles. The zero-order valence-corrected chi connectivity index (χ0v) is 18.6. The number of rotatable bonds is 7. The number of carbonyl (C=O) groups is 2. The highest BCUT2D eigenvalue weighted by molar-refractivity contribution is 7.10. The van der Waals surface area contributed by atoms with Gasteiger partial charge in [-0.25, -0.2) is 4.39 Å². The highest BCUT2D eigenvalue weighted by atomic mass is 32.1. The van der Waals surface area contributed by atoms with E-state index in [1.54, 1.807) is 24.4 Å². The predicted molar refractivity (Wildman–Crippen MR) is 124 cm³/mol. The van der Waals surface area contributed by atoms with E-state index >= 15 is 0 Å². The van der Waals surface area contributed by atoms with Crippen molar-refractivity contribution in [1.82, 2.24) is 10.3 Å². The number of hydrogen-bond acceptors (Lipinski definition) is 4. The van der Waals surface area contributed by atoms with Gasteiger partial charge in [-0.1, -0.05) is 31.4 Å². The quantitative estimate of drug-likeness (QED) is 0.547. The topological polar surface area (TPSA) is 62.3 Å². The molecule has 7 heteroatoms. The molecule has 0 aliphatic heterocycles. The van der Waals surface area contributed by atoms with E-state index in [2.05, 4.69) is 10.3 Å². The Hall–Kier alpha value is -3.06. The molecule has 0 bridgehead atoms. The van der Waals surface area contributed by atoms with Gasteiger partial charge >= 0.3 is 0 Å². The van der Waals surface area contributed by atoms with Crippen molar-refractivity contribution in [1.29, 1.82) is 0 Å². The lowest BCUT2D eigenvalue weighted by Crippen LogP contribution is -2.48. The van der Waals surface area contributed by atoms with Crippen LogP contribution in [0.25, 0.3) is 0 Å². The fourth-order valence-electron chi connectivity index (χ4n) is 4.13. The first-order valence-corrected chi connectivity index (χ1v) is 11.8. The van der Waals surface area contributed by atoms with Crippen molar-refractivity contribution < 1.29 is 14.0 Å². The van der Waals surface area contributed by atoms with Gasteiger partial charge in [-0.3, -0.25) is 19.5 Å². The Labute approximate surface area is 191 Å². The molecule has 0 unspecified atom stereocenters. The van der Waals surface area contributed by atoms with Crippen molar-refractivity contribution in [3.63, 3.8) is 0 Å². The second-order valence-electron chi connectivity index (χ2n) is 8.00. The summed E-state index contributed by atoms with van der Waals surface area (Å²) >= 11 is 1.49. The van der Waals surface area contributed by atoms with Crippen molar-refractivity contribution in [2.75, 3.05) is 4.90 Å². The highest BCUT2D eigenvalue weighted by Gasteiger charge is 2.35. The summed E-state index contributed by atoms with van der Waals surface area (Å²) in [5.74, 6) is -0.909. The Morgan fingerprint density at radius 1 is 1.06 bits per heavy atom. The van der Waals surface area contributed by atoms with E-state index in [0.717, 1.165) is 30.6 Å². The number of amides is 2. The molecule has 2 heterocycles. The van der Waals surface area contributed by atoms with Gasteiger partial charge in [-0.05, 0) is 60.7 Å². The monoisotopic (exact) mass is 451 g/mol. The standard InChI is InChI=1S/C25H26FN3O2S/c26-18-11-13-20(14-12-18)29(23(30)17-21-9-6-16-32-21)24(22-10-4-5-15-27-22)25(31)28-19-7-2-1-3-8-19/h4-6,9-16,19,24H,1-3,7-8,17H2,(H,28,31)/t24-/m1/s1. The first-order valence-electron chi connectivity index (χ1n) is 10.9. The molecule has 0 spiro atoms. The zero-order chi connectivity index (χ0) is 22.3. The Morgan fingerprint density at radius 3 is 2.50 bits per heavy atom. The van der Waals surface area contributed by atoms with Crippen LogP contribution in [0.2, 0.25) is 0 Å². The summed E-state index contributed by atoms with van der Waals surface area (Å²) in [6.45, 7) is 0. The van der Waals surface area contributed by atoms with Gasteiger partial charge in [-0.15, -0.1) is 11.3 Å². The molecule has 1 aliphatic carbocycles. The third-order valence-corrected chi connectivity index (χ3v) is 6.58. The summed E-state index contributed by atoms with van der Waals surface area (Å²) < 4.78 is 13.7. The molecule has 1 atom stereocenters. The van der Waals surface area contributed by atoms with Gasteiger partial charge in [0, 0.05) is 22.8 Å². The second kappa shape index (κ2) is 10.5. The van der Waals surface area contributed by atoms with Crippen LogP contribution in [0, 0.1) is 5.82 Å². The molecule has 1 fully saturated rings. The maximum Gasteiger partial charge on any atom is 0.249 e. The van der Waals surface area contributed by atoms with Gasteiger partial charge in [-0.2, -0.15) is 0 Å². The zero-order valence-electron chi connectivity index (χ0n) is 17.7. The molecule has 32 heavy (non-hydrogen) atoms. The maximum atomic E-state index is 13.7. The summed E-state index contributed by atoms with van der Waals surface area (Å²) in [6.07, 6.45) is 6.96. The molecule has 2 aromatic heterocycles. The molecule has 1 N–H and O–H groups in total. The summed E-state index contributed by atoms with van der Waals surface area (Å²) in [4.78, 5) is 33.9. The van der Waals surface area contributed by atoms with Gasteiger partial charge in [0.2, 0.25) is 11.8 Å². The summed E-state index contributed by atoms with van der Waals surface area (Å²) in [7, 11) is 0. The fraction of sp³-hybridized carbons (Fsp3) is 0.320. The average molecular weight is 452 g/mol. The average Bonchev–Trinajstić information content (AvgIpc) is 3.32. The van der Waals surface area contributed by atoms with Crippen LogP contribution in [-0.2, 0) is 16.0 Å². The molecular weight excluding hydrogens is 425 g/mol. The molecule has 0 saturated heterocycles. The summed E-state index contributed by atoms with van der Waals surface area (Å²) in [5, 5.41) is 5.06. The smallest absolute Gasteiger partial charge is 0.249 e. The van der Waals surface area contributed by atoms with Crippen LogP contribution in [-0.4, -0.2) is 22.8 Å². The highest BCUT2D eigenvalue weighted by Crippen LogP contribution is 2.29. The van der Waals surface area contributed by atoms with Gasteiger partial charge in [0.15, 0.2) is 6.04 Å². The molecule has 4 rings (SSSR count). The van der Waals surface area contributed by atoms with E-state index in [4.69, 9.17) is 0 Å². The van der Waals surface area contributed by atoms with E-state index in [1.165, 1.54) is 46.9 Å². The molecule has 166 valence electrons. The minimum Gasteiger partial charge on any atom is -0.351 e. The Bertz CT molecular complexity index is 1020. The number of nitrogens with zero attached hydrogens (tertiary/aromatic N) is 2. The first kappa shape index (κ1) is 22.1. The molecule has 2 amide bonds. The van der Waals surface area contributed by atoms with Crippen molar-refractivity contribution in [3.8, 4) is 0 Å². The van der Waals surface area contributed by atoms with Crippen LogP contribution in [0.4, 0.5) is 10.1 Å². The predicted octanol–water partition coefficient (Wildman–Crippen LogP) is 5.05. The number of halogens is 1. The van der Waals surface area contributed by atoms with Crippen molar-refractivity contribution >= 4 is 28.8 Å². The van der Waals surface area contributed by atoms with Crippen LogP contribution >= 0.6 is 11.3 Å². The van der Waals surface area contributed by atoms with Crippen LogP contribution in [0.5, 0.6) is 0 Å². The van der Waals surface area contributed by atoms with Crippen LogP contribution in [0.3, 0.4) is 0 Å². The summed E-state index contributed by atoms with van der Waals surface area (Å²) in [6, 6.07) is 13.9. The van der Waals surface area contributed by atoms with Gasteiger partial charge < -0.3 is 5.32 Å². The number of anilines is 1. The fourth-order valence-corrected chi connectivity index (χ4v) is 4.83. The van der Waals surface area contributed by atoms with E-state index in [9.17, 15) is 14.0 Å². The third-order valence-electron chi connectivity index (χ3n) is 5.71. The Kier molecular flexibility index (Phi) is 7.27. The molecule has 5 nitrogen and oxygen atoms in total. The van der Waals surface area contributed by atoms with E-state index in [-0.39, 0.29) is 24.3 Å². The van der Waals surface area contributed by atoms with Crippen LogP contribution in [0.1, 0.15) is 48.7 Å². The van der Waals surface area contributed by atoms with Crippen molar-refractivity contribution in [3.05, 3.63) is 82.6 Å². The van der Waals surface area contributed by atoms with Gasteiger partial charge in [0.1, 0.15) is 5.82 Å². The largest absolute Gasteiger partial charge is 0.351 e. The maximum absolute atomic E-state index is 13.7. The minimum absolute atomic E-state index is 0.0879. The number of carbonyl (C=O) groups excluding carboxylic acids is 2. The lowest BCUT2D eigenvalue weighted by atomic mass is 9.95. The lowest BCUT2D eigenvalue weighted by Gasteiger charge is -2.33. The number of aromatic nitrogens is 1. The third kappa shape index (κ3) is 5.40. The number of thiophene rings is 1. The molecule has 1 aliphatic rings. The number of pyridine rings is 1. The minimum atomic E-state index is -0.948. The second-order valence-corrected chi connectivity index (χ2v) is 9.03. The van der Waals surface area contributed by atoms with E-state index in [1.807, 2.05) is 17.5 Å². The normalized spacial score (nSPS) is 15.2. The molecular formula is C25H26FN3O2S. The molecule has 3 aromatic rings. The summed E-state index contributed by atoms with van der Waals surface area (Å²) in [5.41, 5.74) is 0.937. The van der Waals surface area contributed by atoms with Crippen LogP contribution < -0.4 is 10.2 Å². The number of benzene rings is 1. The number of hydrogen-bond donors (Lipinski definition) is 1. The lowest BCUT2D eigenvalue weighted by molar-refractivity contribution is -0.127. The Balaban J connectivity index is 1.71. The van der Waals surface area contributed by atoms with Gasteiger partial charge in [0.05, 0.1) is 12.1 Å². The van der Waals surface area contributed by atoms with Gasteiger partial charge in [0.25, 0.3) is 0 Å². The molecule has 0 radical (unpaired) electrons. The van der Waals surface area contributed by atoms with E-state index < -0.39 is 11.9 Å². The first-order chi connectivity index (χ1) is 15.6. The van der Waals surface area contributed by atoms with Crippen LogP contribution in [0.15, 0.2) is 66.2 Å². The SMILES string of the molecule is O=C(NC1CCCCC1)[C@@H](c1ccccn1)N(C(=O)Cc1cccs1)c1ccc(F)cc1. The van der Waals surface area contributed by atoms with Crippen molar-refractivity contribution in [2.24, 2.45) is 0 Å². The van der Waals surface area contributed by atoms with E-state index in [0.29, 0.717) is 11.4 Å². The van der Waals surface area contributed by atoms with Crippen molar-refractivity contribution in [2.45, 2.75) is 50.6 Å². The Morgan fingerprint density at radius 2 is 1.84 bits per heavy atom.